The average molecular weight is 507 g/mol. The van der Waals surface area contributed by atoms with Gasteiger partial charge in [-0.3, -0.25) is 14.6 Å². The van der Waals surface area contributed by atoms with Crippen molar-refractivity contribution >= 4 is 17.7 Å². The molecule has 37 heavy (non-hydrogen) atoms. The van der Waals surface area contributed by atoms with Gasteiger partial charge in [-0.25, -0.2) is 15.0 Å². The number of carbonyl (C=O) groups is 1. The molecular formula is C27H38N8O2. The minimum absolute atomic E-state index is 0.0553. The Kier molecular flexibility index (Phi) is 9.90. The van der Waals surface area contributed by atoms with Gasteiger partial charge < -0.3 is 21.5 Å². The first-order valence-corrected chi connectivity index (χ1v) is 12.4. The third-order valence-corrected chi connectivity index (χ3v) is 6.20. The van der Waals surface area contributed by atoms with Crippen molar-refractivity contribution in [2.24, 2.45) is 5.73 Å². The standard InChI is InChI=1S/C27H38N8O2/c1-5-21(17-34-11-12-35(18-25(36)37)27(3,4)19-34)13-20(2)33-24-14-22(7-10-29-24)23-15-31-26(32-16-23)30-9-6-8-28/h5,7,10,13-16H,1-2,6,8-9,11-12,17-19,28H2,3-4H3,(H,29,33)(H,36,37)(H,30,31,32)/b21-13+. The molecule has 1 fully saturated rings. The Hall–Kier alpha value is -3.60. The SMILES string of the molecule is C=C/C(=C\C(=C)Nc1cc(-c2cnc(NCCCN)nc2)ccn1)CN1CCN(CC(=O)O)C(C)(C)C1. The molecule has 0 amide bonds. The van der Waals surface area contributed by atoms with E-state index in [0.717, 1.165) is 42.8 Å². The normalized spacial score (nSPS) is 16.2. The number of hydrogen-bond donors (Lipinski definition) is 4. The zero-order valence-corrected chi connectivity index (χ0v) is 21.8. The highest BCUT2D eigenvalue weighted by atomic mass is 16.4. The Bertz CT molecular complexity index is 1110. The summed E-state index contributed by atoms with van der Waals surface area (Å²) in [6, 6.07) is 3.84. The van der Waals surface area contributed by atoms with Gasteiger partial charge in [-0.15, -0.1) is 0 Å². The van der Waals surface area contributed by atoms with Crippen LogP contribution in [0, 0.1) is 0 Å². The first kappa shape index (κ1) is 28.0. The van der Waals surface area contributed by atoms with Gasteiger partial charge >= 0.3 is 5.97 Å². The molecule has 0 bridgehead atoms. The summed E-state index contributed by atoms with van der Waals surface area (Å²) in [6.07, 6.45) is 9.93. The van der Waals surface area contributed by atoms with Crippen LogP contribution in [0.3, 0.4) is 0 Å². The molecule has 10 nitrogen and oxygen atoms in total. The Morgan fingerprint density at radius 1 is 1.22 bits per heavy atom. The zero-order valence-electron chi connectivity index (χ0n) is 21.8. The molecule has 0 spiro atoms. The third-order valence-electron chi connectivity index (χ3n) is 6.20. The second-order valence-corrected chi connectivity index (χ2v) is 9.71. The minimum Gasteiger partial charge on any atom is -0.480 e. The fourth-order valence-electron chi connectivity index (χ4n) is 4.28. The van der Waals surface area contributed by atoms with Gasteiger partial charge in [0, 0.05) is 68.1 Å². The molecule has 198 valence electrons. The molecule has 1 aliphatic heterocycles. The first-order chi connectivity index (χ1) is 17.7. The van der Waals surface area contributed by atoms with Gasteiger partial charge in [-0.05, 0) is 56.2 Å². The van der Waals surface area contributed by atoms with Crippen LogP contribution in [-0.4, -0.2) is 87.2 Å². The summed E-state index contributed by atoms with van der Waals surface area (Å²) in [4.78, 5) is 28.7. The largest absolute Gasteiger partial charge is 0.480 e. The van der Waals surface area contributed by atoms with Crippen LogP contribution >= 0.6 is 0 Å². The number of pyridine rings is 1. The third kappa shape index (κ3) is 8.49. The minimum atomic E-state index is -0.798. The Labute approximate surface area is 219 Å². The number of hydrogen-bond acceptors (Lipinski definition) is 9. The molecule has 10 heteroatoms. The number of anilines is 2. The fraction of sp³-hybridized carbons (Fsp3) is 0.407. The highest BCUT2D eigenvalue weighted by Crippen LogP contribution is 2.23. The molecule has 0 unspecified atom stereocenters. The number of allylic oxidation sites excluding steroid dienone is 1. The van der Waals surface area contributed by atoms with Gasteiger partial charge in [-0.1, -0.05) is 19.2 Å². The van der Waals surface area contributed by atoms with Crippen molar-refractivity contribution in [3.63, 3.8) is 0 Å². The van der Waals surface area contributed by atoms with Crippen molar-refractivity contribution in [2.45, 2.75) is 25.8 Å². The molecule has 0 radical (unpaired) electrons. The van der Waals surface area contributed by atoms with Crippen LogP contribution in [0.5, 0.6) is 0 Å². The Morgan fingerprint density at radius 2 is 1.97 bits per heavy atom. The lowest BCUT2D eigenvalue weighted by molar-refractivity contribution is -0.141. The second-order valence-electron chi connectivity index (χ2n) is 9.71. The van der Waals surface area contributed by atoms with Crippen LogP contribution in [0.1, 0.15) is 20.3 Å². The highest BCUT2D eigenvalue weighted by molar-refractivity contribution is 5.69. The number of aliphatic carboxylic acids is 1. The van der Waals surface area contributed by atoms with Crippen LogP contribution in [0.25, 0.3) is 11.1 Å². The van der Waals surface area contributed by atoms with Gasteiger partial charge in [0.05, 0.1) is 6.54 Å². The fourth-order valence-corrected chi connectivity index (χ4v) is 4.28. The molecule has 1 aliphatic rings. The summed E-state index contributed by atoms with van der Waals surface area (Å²) in [5, 5.41) is 15.6. The van der Waals surface area contributed by atoms with E-state index in [4.69, 9.17) is 5.73 Å². The van der Waals surface area contributed by atoms with Gasteiger partial charge in [0.25, 0.3) is 0 Å². The van der Waals surface area contributed by atoms with E-state index >= 15 is 0 Å². The van der Waals surface area contributed by atoms with Crippen molar-refractivity contribution in [3.05, 3.63) is 67.3 Å². The van der Waals surface area contributed by atoms with Crippen molar-refractivity contribution in [2.75, 3.05) is 56.4 Å². The maximum Gasteiger partial charge on any atom is 0.317 e. The number of carboxylic acid groups (broad SMARTS) is 1. The van der Waals surface area contributed by atoms with Crippen LogP contribution in [0.15, 0.2) is 67.3 Å². The van der Waals surface area contributed by atoms with Gasteiger partial charge in [-0.2, -0.15) is 0 Å². The van der Waals surface area contributed by atoms with Crippen molar-refractivity contribution in [1.82, 2.24) is 24.8 Å². The number of piperazine rings is 1. The lowest BCUT2D eigenvalue weighted by atomic mass is 9.98. The van der Waals surface area contributed by atoms with Crippen LogP contribution in [0.4, 0.5) is 11.8 Å². The summed E-state index contributed by atoms with van der Waals surface area (Å²) >= 11 is 0. The monoisotopic (exact) mass is 506 g/mol. The first-order valence-electron chi connectivity index (χ1n) is 12.4. The highest BCUT2D eigenvalue weighted by Gasteiger charge is 2.34. The van der Waals surface area contributed by atoms with E-state index in [-0.39, 0.29) is 12.1 Å². The lowest BCUT2D eigenvalue weighted by Crippen LogP contribution is -2.60. The van der Waals surface area contributed by atoms with Crippen LogP contribution < -0.4 is 16.4 Å². The molecule has 2 aromatic heterocycles. The molecule has 1 saturated heterocycles. The number of aromatic nitrogens is 3. The maximum absolute atomic E-state index is 11.2. The van der Waals surface area contributed by atoms with E-state index in [1.165, 1.54) is 0 Å². The predicted molar refractivity (Wildman–Crippen MR) is 148 cm³/mol. The van der Waals surface area contributed by atoms with Gasteiger partial charge in [0.15, 0.2) is 0 Å². The summed E-state index contributed by atoms with van der Waals surface area (Å²) in [6.45, 7) is 16.6. The average Bonchev–Trinajstić information content (AvgIpc) is 2.85. The number of nitrogens with zero attached hydrogens (tertiary/aromatic N) is 5. The van der Waals surface area contributed by atoms with Crippen molar-refractivity contribution in [3.8, 4) is 11.1 Å². The quantitative estimate of drug-likeness (QED) is 0.237. The van der Waals surface area contributed by atoms with Crippen molar-refractivity contribution in [1.29, 1.82) is 0 Å². The number of rotatable bonds is 13. The topological polar surface area (TPSA) is 133 Å². The van der Waals surface area contributed by atoms with E-state index in [9.17, 15) is 9.90 Å². The molecule has 0 aliphatic carbocycles. The van der Waals surface area contributed by atoms with E-state index < -0.39 is 5.97 Å². The van der Waals surface area contributed by atoms with Crippen LogP contribution in [-0.2, 0) is 4.79 Å². The van der Waals surface area contributed by atoms with Crippen molar-refractivity contribution < 1.29 is 9.90 Å². The van der Waals surface area contributed by atoms with E-state index in [0.29, 0.717) is 37.1 Å². The molecule has 0 saturated carbocycles. The summed E-state index contributed by atoms with van der Waals surface area (Å²) in [7, 11) is 0. The zero-order chi connectivity index (χ0) is 26.8. The molecule has 2 aromatic rings. The molecule has 3 rings (SSSR count). The predicted octanol–water partition coefficient (Wildman–Crippen LogP) is 2.82. The lowest BCUT2D eigenvalue weighted by Gasteiger charge is -2.46. The summed E-state index contributed by atoms with van der Waals surface area (Å²) < 4.78 is 0. The van der Waals surface area contributed by atoms with E-state index in [1.807, 2.05) is 29.2 Å². The van der Waals surface area contributed by atoms with Gasteiger partial charge in [0.1, 0.15) is 5.82 Å². The second kappa shape index (κ2) is 13.1. The maximum atomic E-state index is 11.2. The smallest absolute Gasteiger partial charge is 0.317 e. The Balaban J connectivity index is 1.60. The van der Waals surface area contributed by atoms with E-state index in [1.54, 1.807) is 18.6 Å². The number of nitrogens with two attached hydrogens (primary N) is 1. The number of carboxylic acids is 1. The number of nitrogens with one attached hydrogen (secondary N) is 2. The van der Waals surface area contributed by atoms with E-state index in [2.05, 4.69) is 57.5 Å². The van der Waals surface area contributed by atoms with Gasteiger partial charge in [0.2, 0.25) is 5.95 Å². The molecule has 5 N–H and O–H groups in total. The molecule has 0 atom stereocenters. The van der Waals surface area contributed by atoms with Crippen LogP contribution in [0.2, 0.25) is 0 Å². The summed E-state index contributed by atoms with van der Waals surface area (Å²) in [5.74, 6) is 0.440. The molecular weight excluding hydrogens is 468 g/mol. The molecule has 3 heterocycles. The summed E-state index contributed by atoms with van der Waals surface area (Å²) in [5.41, 5.74) is 8.82. The Morgan fingerprint density at radius 3 is 2.62 bits per heavy atom. The molecule has 0 aromatic carbocycles.